The van der Waals surface area contributed by atoms with Crippen LogP contribution in [0.5, 0.6) is 17.2 Å². The molecule has 0 saturated carbocycles. The topological polar surface area (TPSA) is 74.2 Å². The molecule has 0 radical (unpaired) electrons. The van der Waals surface area contributed by atoms with Crippen LogP contribution in [0.2, 0.25) is 5.02 Å². The Kier molecular flexibility index (Phi) is 11.2. The van der Waals surface area contributed by atoms with Crippen molar-refractivity contribution in [2.75, 3.05) is 26.4 Å². The molecule has 1 atom stereocenters. The minimum Gasteiger partial charge on any atom is -0.494 e. The van der Waals surface area contributed by atoms with Gasteiger partial charge in [-0.3, -0.25) is 0 Å². The maximum Gasteiger partial charge on any atom is 0.333 e. The number of carbonyl (C=O) groups is 1. The van der Waals surface area contributed by atoms with Crippen molar-refractivity contribution in [3.05, 3.63) is 64.7 Å². The molecule has 6 nitrogen and oxygen atoms in total. The summed E-state index contributed by atoms with van der Waals surface area (Å²) in [6.07, 6.45) is 2.81. The molecule has 2 aromatic carbocycles. The van der Waals surface area contributed by atoms with Crippen LogP contribution < -0.4 is 14.2 Å². The number of aliphatic carboxylic acids is 1. The van der Waals surface area contributed by atoms with Crippen molar-refractivity contribution < 1.29 is 28.8 Å². The third kappa shape index (κ3) is 9.09. The molecular weight excluding hydrogens is 444 g/mol. The molecule has 0 aromatic heterocycles. The van der Waals surface area contributed by atoms with Crippen LogP contribution in [0.25, 0.3) is 0 Å². The second-order valence-electron chi connectivity index (χ2n) is 6.79. The van der Waals surface area contributed by atoms with Gasteiger partial charge >= 0.3 is 5.97 Å². The number of halogens is 1. The van der Waals surface area contributed by atoms with Crippen molar-refractivity contribution in [1.82, 2.24) is 0 Å². The number of hydrogen-bond donors (Lipinski definition) is 1. The van der Waals surface area contributed by atoms with Gasteiger partial charge in [0.1, 0.15) is 23.9 Å². The fourth-order valence-electron chi connectivity index (χ4n) is 2.93. The van der Waals surface area contributed by atoms with Crippen molar-refractivity contribution in [3.63, 3.8) is 0 Å². The Balaban J connectivity index is 1.94. The average Bonchev–Trinajstić information content (AvgIpc) is 2.77. The third-order valence-electron chi connectivity index (χ3n) is 4.32. The zero-order valence-electron chi connectivity index (χ0n) is 19.1. The zero-order valence-corrected chi connectivity index (χ0v) is 19.9. The largest absolute Gasteiger partial charge is 0.494 e. The van der Waals surface area contributed by atoms with E-state index in [1.54, 1.807) is 37.3 Å². The molecule has 1 unspecified atom stereocenters. The van der Waals surface area contributed by atoms with E-state index in [-0.39, 0.29) is 13.0 Å². The van der Waals surface area contributed by atoms with Crippen LogP contribution in [0.3, 0.4) is 0 Å². The summed E-state index contributed by atoms with van der Waals surface area (Å²) in [6, 6.07) is 10.8. The Morgan fingerprint density at radius 1 is 1.03 bits per heavy atom. The van der Waals surface area contributed by atoms with Crippen molar-refractivity contribution in [3.8, 4) is 29.1 Å². The second kappa shape index (κ2) is 14.1. The quantitative estimate of drug-likeness (QED) is 0.430. The number of benzene rings is 2. The predicted molar refractivity (Wildman–Crippen MR) is 128 cm³/mol. The van der Waals surface area contributed by atoms with Crippen LogP contribution >= 0.6 is 11.6 Å². The second-order valence-corrected chi connectivity index (χ2v) is 7.20. The van der Waals surface area contributed by atoms with Gasteiger partial charge in [-0.2, -0.15) is 0 Å². The summed E-state index contributed by atoms with van der Waals surface area (Å²) in [4.78, 5) is 11.2. The van der Waals surface area contributed by atoms with E-state index in [1.165, 1.54) is 0 Å². The van der Waals surface area contributed by atoms with Gasteiger partial charge in [0, 0.05) is 24.7 Å². The standard InChI is InChI=1S/C26H29ClO6/c1-4-30-21-14-19(15-22(18-21)31-5-2)10-8-7-9-13-33-24-12-11-20(16-23(24)27)17-25(26(28)29)32-6-3/h7,9,11-12,14-16,18,25H,4-6,13,17H2,1-3H3,(H,28,29). The highest BCUT2D eigenvalue weighted by molar-refractivity contribution is 6.32. The molecule has 0 bridgehead atoms. The summed E-state index contributed by atoms with van der Waals surface area (Å²) in [5.41, 5.74) is 1.55. The van der Waals surface area contributed by atoms with Crippen LogP contribution in [0.1, 0.15) is 31.9 Å². The number of hydrogen-bond acceptors (Lipinski definition) is 5. The van der Waals surface area contributed by atoms with E-state index in [9.17, 15) is 9.90 Å². The summed E-state index contributed by atoms with van der Waals surface area (Å²) < 4.78 is 22.0. The van der Waals surface area contributed by atoms with Crippen molar-refractivity contribution >= 4 is 17.6 Å². The molecule has 0 amide bonds. The van der Waals surface area contributed by atoms with E-state index in [0.29, 0.717) is 42.1 Å². The average molecular weight is 473 g/mol. The first-order chi connectivity index (χ1) is 16.0. The van der Waals surface area contributed by atoms with Crippen LogP contribution in [0, 0.1) is 11.8 Å². The van der Waals surface area contributed by atoms with Gasteiger partial charge in [-0.1, -0.05) is 29.5 Å². The first kappa shape index (κ1) is 26.1. The van der Waals surface area contributed by atoms with Gasteiger partial charge in [-0.05, 0) is 62.8 Å². The Labute approximate surface area is 200 Å². The Morgan fingerprint density at radius 2 is 1.73 bits per heavy atom. The van der Waals surface area contributed by atoms with Crippen molar-refractivity contribution in [2.24, 2.45) is 0 Å². The number of ether oxygens (including phenoxy) is 4. The van der Waals surface area contributed by atoms with Gasteiger partial charge in [0.25, 0.3) is 0 Å². The van der Waals surface area contributed by atoms with Gasteiger partial charge in [-0.15, -0.1) is 0 Å². The fraction of sp³-hybridized carbons (Fsp3) is 0.346. The summed E-state index contributed by atoms with van der Waals surface area (Å²) in [5.74, 6) is 6.97. The van der Waals surface area contributed by atoms with Gasteiger partial charge in [0.05, 0.1) is 18.2 Å². The van der Waals surface area contributed by atoms with E-state index in [1.807, 2.05) is 32.0 Å². The summed E-state index contributed by atoms with van der Waals surface area (Å²) >= 11 is 6.28. The molecule has 1 N–H and O–H groups in total. The molecule has 33 heavy (non-hydrogen) atoms. The molecular formula is C26H29ClO6. The van der Waals surface area contributed by atoms with Gasteiger partial charge in [-0.25, -0.2) is 4.79 Å². The Morgan fingerprint density at radius 3 is 2.30 bits per heavy atom. The van der Waals surface area contributed by atoms with Crippen LogP contribution in [0.4, 0.5) is 0 Å². The molecule has 2 rings (SSSR count). The van der Waals surface area contributed by atoms with E-state index < -0.39 is 12.1 Å². The van der Waals surface area contributed by atoms with E-state index in [4.69, 9.17) is 30.5 Å². The number of rotatable bonds is 12. The number of carboxylic acids is 1. The summed E-state index contributed by atoms with van der Waals surface area (Å²) in [5, 5.41) is 9.62. The van der Waals surface area contributed by atoms with E-state index in [2.05, 4.69) is 11.8 Å². The third-order valence-corrected chi connectivity index (χ3v) is 4.61. The van der Waals surface area contributed by atoms with E-state index >= 15 is 0 Å². The van der Waals surface area contributed by atoms with Crippen LogP contribution in [0.15, 0.2) is 48.6 Å². The first-order valence-electron chi connectivity index (χ1n) is 10.8. The molecule has 0 aliphatic heterocycles. The van der Waals surface area contributed by atoms with E-state index in [0.717, 1.165) is 11.1 Å². The molecule has 0 aliphatic carbocycles. The summed E-state index contributed by atoms with van der Waals surface area (Å²) in [6.45, 7) is 7.35. The Bertz CT molecular complexity index is 981. The SMILES string of the molecule is CCOc1cc(C#CC=CCOc2ccc(CC(OCC)C(=O)O)cc2Cl)cc(OCC)c1. The molecule has 0 saturated heterocycles. The number of carboxylic acid groups (broad SMARTS) is 1. The van der Waals surface area contributed by atoms with Crippen LogP contribution in [-0.4, -0.2) is 43.6 Å². The van der Waals surface area contributed by atoms with Crippen molar-refractivity contribution in [2.45, 2.75) is 33.3 Å². The lowest BCUT2D eigenvalue weighted by molar-refractivity contribution is -0.149. The highest BCUT2D eigenvalue weighted by Gasteiger charge is 2.18. The van der Waals surface area contributed by atoms with Gasteiger partial charge < -0.3 is 24.1 Å². The van der Waals surface area contributed by atoms with Gasteiger partial charge in [0.15, 0.2) is 6.10 Å². The van der Waals surface area contributed by atoms with Crippen LogP contribution in [-0.2, 0) is 16.0 Å². The molecule has 2 aromatic rings. The minimum atomic E-state index is -1.00. The monoisotopic (exact) mass is 472 g/mol. The lowest BCUT2D eigenvalue weighted by Gasteiger charge is -2.13. The maximum absolute atomic E-state index is 11.2. The predicted octanol–water partition coefficient (Wildman–Crippen LogP) is 5.16. The maximum atomic E-state index is 11.2. The highest BCUT2D eigenvalue weighted by atomic mass is 35.5. The van der Waals surface area contributed by atoms with Crippen molar-refractivity contribution in [1.29, 1.82) is 0 Å². The molecule has 176 valence electrons. The molecule has 7 heteroatoms. The lowest BCUT2D eigenvalue weighted by Crippen LogP contribution is -2.26. The zero-order chi connectivity index (χ0) is 24.1. The molecule has 0 aliphatic rings. The lowest BCUT2D eigenvalue weighted by atomic mass is 10.1. The normalized spacial score (nSPS) is 11.5. The highest BCUT2D eigenvalue weighted by Crippen LogP contribution is 2.26. The Hall–Kier alpha value is -3.14. The molecule has 0 fully saturated rings. The number of allylic oxidation sites excluding steroid dienone is 1. The molecule has 0 spiro atoms. The summed E-state index contributed by atoms with van der Waals surface area (Å²) in [7, 11) is 0. The first-order valence-corrected chi connectivity index (χ1v) is 11.2. The smallest absolute Gasteiger partial charge is 0.333 e. The van der Waals surface area contributed by atoms with Gasteiger partial charge in [0.2, 0.25) is 0 Å². The molecule has 0 heterocycles. The minimum absolute atomic E-state index is 0.230. The fourth-order valence-corrected chi connectivity index (χ4v) is 3.19.